The van der Waals surface area contributed by atoms with Gasteiger partial charge in [0.2, 0.25) is 0 Å². The van der Waals surface area contributed by atoms with Crippen molar-refractivity contribution in [2.24, 2.45) is 0 Å². The van der Waals surface area contributed by atoms with Crippen LogP contribution in [-0.2, 0) is 0 Å². The number of nitrogens with zero attached hydrogens (tertiary/aromatic N) is 1. The van der Waals surface area contributed by atoms with Crippen LogP contribution in [0.15, 0.2) is 18.2 Å². The fourth-order valence-electron chi connectivity index (χ4n) is 2.83. The van der Waals surface area contributed by atoms with Crippen molar-refractivity contribution in [3.8, 4) is 5.75 Å². The molecule has 4 N–H and O–H groups in total. The number of carboxylic acid groups (broad SMARTS) is 1. The lowest BCUT2D eigenvalue weighted by Crippen LogP contribution is -2.45. The molecule has 1 saturated heterocycles. The number of piperidine rings is 1. The van der Waals surface area contributed by atoms with Crippen molar-refractivity contribution in [1.29, 1.82) is 0 Å². The zero-order valence-corrected chi connectivity index (χ0v) is 13.2. The van der Waals surface area contributed by atoms with Crippen LogP contribution in [0, 0.1) is 0 Å². The van der Waals surface area contributed by atoms with Gasteiger partial charge in [-0.15, -0.1) is 0 Å². The van der Waals surface area contributed by atoms with Gasteiger partial charge in [-0.1, -0.05) is 6.92 Å². The molecule has 1 aliphatic rings. The number of nitrogens with one attached hydrogen (secondary N) is 1. The predicted octanol–water partition coefficient (Wildman–Crippen LogP) is 2.11. The van der Waals surface area contributed by atoms with Crippen molar-refractivity contribution in [1.82, 2.24) is 10.2 Å². The molecule has 22 heavy (non-hydrogen) atoms. The van der Waals surface area contributed by atoms with Crippen molar-refractivity contribution in [2.45, 2.75) is 31.7 Å². The number of hydrogen-bond donors (Lipinski definition) is 3. The Morgan fingerprint density at radius 3 is 2.77 bits per heavy atom. The number of hydrogen-bond acceptors (Lipinski definition) is 4. The summed E-state index contributed by atoms with van der Waals surface area (Å²) in [7, 11) is 1.65. The highest BCUT2D eigenvalue weighted by molar-refractivity contribution is 5.65. The molecule has 0 aromatic heterocycles. The molecule has 1 atom stereocenters. The lowest BCUT2D eigenvalue weighted by atomic mass is 9.97. The molecule has 6 nitrogen and oxygen atoms in total. The summed E-state index contributed by atoms with van der Waals surface area (Å²) >= 11 is 0. The number of ether oxygens (including phenoxy) is 1. The first kappa shape index (κ1) is 16.4. The third kappa shape index (κ3) is 4.04. The Labute approximate surface area is 131 Å². The molecular formula is C16H25N3O3. The minimum Gasteiger partial charge on any atom is -0.497 e. The van der Waals surface area contributed by atoms with Gasteiger partial charge in [-0.25, -0.2) is 4.79 Å². The number of anilines is 1. The van der Waals surface area contributed by atoms with Crippen LogP contribution in [0.3, 0.4) is 0 Å². The van der Waals surface area contributed by atoms with Gasteiger partial charge in [-0.05, 0) is 42.5 Å². The van der Waals surface area contributed by atoms with Gasteiger partial charge in [-0.3, -0.25) is 0 Å². The van der Waals surface area contributed by atoms with E-state index in [0.717, 1.165) is 36.4 Å². The molecular weight excluding hydrogens is 282 g/mol. The molecule has 0 bridgehead atoms. The number of rotatable bonds is 5. The molecule has 1 heterocycles. The summed E-state index contributed by atoms with van der Waals surface area (Å²) in [6.07, 6.45) is 0.884. The summed E-state index contributed by atoms with van der Waals surface area (Å²) in [6.45, 7) is 4.14. The van der Waals surface area contributed by atoms with Crippen LogP contribution >= 0.6 is 0 Å². The first-order valence-corrected chi connectivity index (χ1v) is 7.66. The number of nitrogens with two attached hydrogens (primary N) is 1. The van der Waals surface area contributed by atoms with Crippen molar-refractivity contribution in [3.63, 3.8) is 0 Å². The molecule has 2 rings (SSSR count). The molecule has 1 unspecified atom stereocenters. The SMILES string of the molecule is COc1ccc(N)c(C(C)CNC2CCN(C(=O)O)CC2)c1. The van der Waals surface area contributed by atoms with E-state index in [1.165, 1.54) is 4.90 Å². The van der Waals surface area contributed by atoms with Crippen LogP contribution in [0.4, 0.5) is 10.5 Å². The van der Waals surface area contributed by atoms with Gasteiger partial charge >= 0.3 is 6.09 Å². The molecule has 0 spiro atoms. The van der Waals surface area contributed by atoms with E-state index in [-0.39, 0.29) is 5.92 Å². The summed E-state index contributed by atoms with van der Waals surface area (Å²) in [5.74, 6) is 1.08. The largest absolute Gasteiger partial charge is 0.497 e. The molecule has 6 heteroatoms. The van der Waals surface area contributed by atoms with Gasteiger partial charge in [0.05, 0.1) is 7.11 Å². The van der Waals surface area contributed by atoms with Crippen LogP contribution in [0.1, 0.15) is 31.2 Å². The highest BCUT2D eigenvalue weighted by atomic mass is 16.5. The first-order valence-electron chi connectivity index (χ1n) is 7.66. The van der Waals surface area contributed by atoms with E-state index in [1.807, 2.05) is 18.2 Å². The van der Waals surface area contributed by atoms with Gasteiger partial charge in [0, 0.05) is 31.4 Å². The Morgan fingerprint density at radius 1 is 1.50 bits per heavy atom. The van der Waals surface area contributed by atoms with Crippen LogP contribution in [0.5, 0.6) is 5.75 Å². The standard InChI is InChI=1S/C16H25N3O3/c1-11(14-9-13(22-2)3-4-15(14)17)10-18-12-5-7-19(8-6-12)16(20)21/h3-4,9,11-12,18H,5-8,10,17H2,1-2H3,(H,20,21). The van der Waals surface area contributed by atoms with Gasteiger partial charge < -0.3 is 25.8 Å². The van der Waals surface area contributed by atoms with Gasteiger partial charge in [-0.2, -0.15) is 0 Å². The Kier molecular flexibility index (Phi) is 5.49. The number of methoxy groups -OCH3 is 1. The summed E-state index contributed by atoms with van der Waals surface area (Å²) < 4.78 is 5.25. The molecule has 122 valence electrons. The van der Waals surface area contributed by atoms with Gasteiger partial charge in [0.1, 0.15) is 5.75 Å². The van der Waals surface area contributed by atoms with E-state index >= 15 is 0 Å². The normalized spacial score (nSPS) is 17.3. The maximum absolute atomic E-state index is 10.9. The molecule has 0 saturated carbocycles. The summed E-state index contributed by atoms with van der Waals surface area (Å²) in [5, 5.41) is 12.5. The lowest BCUT2D eigenvalue weighted by molar-refractivity contribution is 0.129. The molecule has 1 aromatic rings. The van der Waals surface area contributed by atoms with Crippen LogP contribution < -0.4 is 15.8 Å². The zero-order chi connectivity index (χ0) is 16.1. The van der Waals surface area contributed by atoms with Crippen molar-refractivity contribution in [3.05, 3.63) is 23.8 Å². The average Bonchev–Trinajstić information content (AvgIpc) is 2.53. The van der Waals surface area contributed by atoms with Crippen molar-refractivity contribution >= 4 is 11.8 Å². The van der Waals surface area contributed by atoms with E-state index in [9.17, 15) is 4.79 Å². The molecule has 0 aliphatic carbocycles. The van der Waals surface area contributed by atoms with Gasteiger partial charge in [0.15, 0.2) is 0 Å². The smallest absolute Gasteiger partial charge is 0.407 e. The van der Waals surface area contributed by atoms with Crippen molar-refractivity contribution < 1.29 is 14.6 Å². The third-order valence-corrected chi connectivity index (χ3v) is 4.30. The number of benzene rings is 1. The maximum atomic E-state index is 10.9. The second-order valence-electron chi connectivity index (χ2n) is 5.85. The quantitative estimate of drug-likeness (QED) is 0.725. The van der Waals surface area contributed by atoms with Crippen LogP contribution in [0.2, 0.25) is 0 Å². The number of likely N-dealkylation sites (tertiary alicyclic amines) is 1. The number of amides is 1. The highest BCUT2D eigenvalue weighted by Gasteiger charge is 2.22. The molecule has 1 fully saturated rings. The fraction of sp³-hybridized carbons (Fsp3) is 0.562. The molecule has 0 radical (unpaired) electrons. The monoisotopic (exact) mass is 307 g/mol. The Balaban J connectivity index is 1.86. The Morgan fingerprint density at radius 2 is 2.18 bits per heavy atom. The van der Waals surface area contributed by atoms with Crippen molar-refractivity contribution in [2.75, 3.05) is 32.5 Å². The fourth-order valence-corrected chi connectivity index (χ4v) is 2.83. The summed E-state index contributed by atoms with van der Waals surface area (Å²) in [4.78, 5) is 12.4. The molecule has 1 aromatic carbocycles. The van der Waals surface area contributed by atoms with E-state index in [1.54, 1.807) is 7.11 Å². The third-order valence-electron chi connectivity index (χ3n) is 4.30. The zero-order valence-electron chi connectivity index (χ0n) is 13.2. The summed E-state index contributed by atoms with van der Waals surface area (Å²) in [5.41, 5.74) is 7.90. The van der Waals surface area contributed by atoms with Gasteiger partial charge in [0.25, 0.3) is 0 Å². The minimum atomic E-state index is -0.823. The van der Waals surface area contributed by atoms with E-state index in [4.69, 9.17) is 15.6 Å². The second kappa shape index (κ2) is 7.35. The van der Waals surface area contributed by atoms with E-state index in [0.29, 0.717) is 19.1 Å². The van der Waals surface area contributed by atoms with E-state index < -0.39 is 6.09 Å². The van der Waals surface area contributed by atoms with Crippen LogP contribution in [0.25, 0.3) is 0 Å². The lowest BCUT2D eigenvalue weighted by Gasteiger charge is -2.31. The number of nitrogen functional groups attached to an aromatic ring is 1. The maximum Gasteiger partial charge on any atom is 0.407 e. The van der Waals surface area contributed by atoms with E-state index in [2.05, 4.69) is 12.2 Å². The minimum absolute atomic E-state index is 0.271. The Hall–Kier alpha value is -1.95. The van der Waals surface area contributed by atoms with Crippen LogP contribution in [-0.4, -0.2) is 48.9 Å². The molecule has 1 amide bonds. The summed E-state index contributed by atoms with van der Waals surface area (Å²) in [6, 6.07) is 6.08. The molecule has 1 aliphatic heterocycles. The topological polar surface area (TPSA) is 87.8 Å². The number of carbonyl (C=O) groups is 1. The second-order valence-corrected chi connectivity index (χ2v) is 5.85. The predicted molar refractivity (Wildman–Crippen MR) is 86.4 cm³/mol. The average molecular weight is 307 g/mol. The highest BCUT2D eigenvalue weighted by Crippen LogP contribution is 2.26. The first-order chi connectivity index (χ1) is 10.5. The Bertz CT molecular complexity index is 513.